The van der Waals surface area contributed by atoms with Crippen LogP contribution in [-0.4, -0.2) is 38.9 Å². The summed E-state index contributed by atoms with van der Waals surface area (Å²) in [6, 6.07) is 13.7. The van der Waals surface area contributed by atoms with Gasteiger partial charge in [-0.05, 0) is 38.1 Å². The highest BCUT2D eigenvalue weighted by molar-refractivity contribution is 7.99. The molecule has 0 radical (unpaired) electrons. The van der Waals surface area contributed by atoms with Gasteiger partial charge in [-0.1, -0.05) is 35.5 Å². The predicted molar refractivity (Wildman–Crippen MR) is 121 cm³/mol. The maximum absolute atomic E-state index is 12.3. The van der Waals surface area contributed by atoms with Crippen molar-refractivity contribution in [3.05, 3.63) is 53.7 Å². The van der Waals surface area contributed by atoms with Crippen LogP contribution in [0.25, 0.3) is 22.0 Å². The van der Waals surface area contributed by atoms with Crippen molar-refractivity contribution in [1.29, 1.82) is 0 Å². The zero-order valence-corrected chi connectivity index (χ0v) is 18.0. The Morgan fingerprint density at radius 3 is 2.87 bits per heavy atom. The van der Waals surface area contributed by atoms with Gasteiger partial charge < -0.3 is 15.1 Å². The Morgan fingerprint density at radius 2 is 2.00 bits per heavy atom. The third kappa shape index (κ3) is 4.33. The van der Waals surface area contributed by atoms with E-state index in [0.717, 1.165) is 27.7 Å². The third-order valence-electron chi connectivity index (χ3n) is 5.14. The SMILES string of the molecule is Cc1ccc2nc(NC3NC(=O)CC(CSc4nc5ccccc5o4)N3)nc(C)c2c1. The highest BCUT2D eigenvalue weighted by Crippen LogP contribution is 2.25. The summed E-state index contributed by atoms with van der Waals surface area (Å²) in [6.45, 7) is 4.01. The lowest BCUT2D eigenvalue weighted by Crippen LogP contribution is -2.60. The third-order valence-corrected chi connectivity index (χ3v) is 6.13. The van der Waals surface area contributed by atoms with E-state index in [1.54, 1.807) is 0 Å². The highest BCUT2D eigenvalue weighted by Gasteiger charge is 2.27. The smallest absolute Gasteiger partial charge is 0.256 e. The molecule has 3 heterocycles. The van der Waals surface area contributed by atoms with Crippen LogP contribution in [0.1, 0.15) is 17.7 Å². The van der Waals surface area contributed by atoms with Crippen molar-refractivity contribution in [3.63, 3.8) is 0 Å². The van der Waals surface area contributed by atoms with Crippen LogP contribution in [0.2, 0.25) is 0 Å². The van der Waals surface area contributed by atoms with E-state index in [4.69, 9.17) is 4.42 Å². The van der Waals surface area contributed by atoms with Gasteiger partial charge in [-0.3, -0.25) is 10.1 Å². The van der Waals surface area contributed by atoms with Gasteiger partial charge in [-0.25, -0.2) is 15.0 Å². The van der Waals surface area contributed by atoms with Gasteiger partial charge in [0.15, 0.2) is 11.9 Å². The zero-order chi connectivity index (χ0) is 21.4. The summed E-state index contributed by atoms with van der Waals surface area (Å²) >= 11 is 1.49. The molecule has 0 saturated carbocycles. The molecule has 3 N–H and O–H groups in total. The van der Waals surface area contributed by atoms with E-state index >= 15 is 0 Å². The topological polar surface area (TPSA) is 105 Å². The maximum Gasteiger partial charge on any atom is 0.256 e. The zero-order valence-electron chi connectivity index (χ0n) is 17.2. The number of anilines is 1. The van der Waals surface area contributed by atoms with E-state index in [2.05, 4.69) is 37.0 Å². The average Bonchev–Trinajstić information content (AvgIpc) is 3.16. The van der Waals surface area contributed by atoms with E-state index < -0.39 is 6.29 Å². The molecule has 1 saturated heterocycles. The van der Waals surface area contributed by atoms with E-state index in [-0.39, 0.29) is 11.9 Å². The van der Waals surface area contributed by atoms with Crippen LogP contribution in [0.5, 0.6) is 0 Å². The first-order chi connectivity index (χ1) is 15.0. The van der Waals surface area contributed by atoms with Crippen LogP contribution in [0.15, 0.2) is 52.1 Å². The summed E-state index contributed by atoms with van der Waals surface area (Å²) in [4.78, 5) is 25.9. The fourth-order valence-corrected chi connectivity index (χ4v) is 4.51. The fourth-order valence-electron chi connectivity index (χ4n) is 3.64. The van der Waals surface area contributed by atoms with Gasteiger partial charge in [0.25, 0.3) is 5.22 Å². The molecule has 1 amide bonds. The van der Waals surface area contributed by atoms with Crippen LogP contribution in [0, 0.1) is 13.8 Å². The quantitative estimate of drug-likeness (QED) is 0.411. The van der Waals surface area contributed by atoms with Crippen molar-refractivity contribution >= 4 is 45.6 Å². The molecule has 1 aliphatic rings. The molecule has 2 unspecified atom stereocenters. The average molecular weight is 435 g/mol. The molecule has 158 valence electrons. The second-order valence-electron chi connectivity index (χ2n) is 7.62. The van der Waals surface area contributed by atoms with E-state index in [1.165, 1.54) is 17.3 Å². The maximum atomic E-state index is 12.3. The minimum absolute atomic E-state index is 0.0347. The van der Waals surface area contributed by atoms with Crippen molar-refractivity contribution < 1.29 is 9.21 Å². The first-order valence-electron chi connectivity index (χ1n) is 10.1. The standard InChI is InChI=1S/C22H22N6O2S/c1-12-7-8-16-15(9-12)13(2)23-20(25-16)28-21-24-14(10-19(29)27-21)11-31-22-26-17-5-3-4-6-18(17)30-22/h3-9,14,21,24H,10-11H2,1-2H3,(H,27,29)(H,23,25,28). The number of carbonyl (C=O) groups is 1. The Bertz CT molecular complexity index is 1240. The summed E-state index contributed by atoms with van der Waals surface area (Å²) in [6.07, 6.45) is -0.0831. The summed E-state index contributed by atoms with van der Waals surface area (Å²) in [5.41, 5.74) is 4.52. The molecule has 2 aromatic carbocycles. The van der Waals surface area contributed by atoms with Gasteiger partial charge >= 0.3 is 0 Å². The summed E-state index contributed by atoms with van der Waals surface area (Å²) in [7, 11) is 0. The molecular weight excluding hydrogens is 412 g/mol. The Labute approximate surface area is 183 Å². The number of para-hydroxylation sites is 2. The summed E-state index contributed by atoms with van der Waals surface area (Å²) in [5.74, 6) is 1.08. The second kappa shape index (κ2) is 8.16. The van der Waals surface area contributed by atoms with Crippen LogP contribution < -0.4 is 16.0 Å². The van der Waals surface area contributed by atoms with Gasteiger partial charge in [0.2, 0.25) is 11.9 Å². The van der Waals surface area contributed by atoms with Gasteiger partial charge in [0, 0.05) is 23.6 Å². The minimum Gasteiger partial charge on any atom is -0.431 e. The number of nitrogens with zero attached hydrogens (tertiary/aromatic N) is 3. The van der Waals surface area contributed by atoms with E-state index in [1.807, 2.05) is 50.2 Å². The number of benzene rings is 2. The van der Waals surface area contributed by atoms with E-state index in [9.17, 15) is 4.79 Å². The normalized spacial score (nSPS) is 19.0. The molecule has 4 aromatic rings. The first-order valence-corrected chi connectivity index (χ1v) is 11.1. The molecule has 2 atom stereocenters. The number of oxazole rings is 1. The van der Waals surface area contributed by atoms with Crippen LogP contribution in [-0.2, 0) is 4.79 Å². The molecule has 1 fully saturated rings. The van der Waals surface area contributed by atoms with Crippen molar-refractivity contribution in [3.8, 4) is 0 Å². The van der Waals surface area contributed by atoms with Crippen molar-refractivity contribution in [2.45, 2.75) is 37.8 Å². The Balaban J connectivity index is 1.26. The highest BCUT2D eigenvalue weighted by atomic mass is 32.2. The largest absolute Gasteiger partial charge is 0.431 e. The Kier molecular flexibility index (Phi) is 5.21. The number of aryl methyl sites for hydroxylation is 2. The fraction of sp³-hybridized carbons (Fsp3) is 0.273. The second-order valence-corrected chi connectivity index (χ2v) is 8.60. The molecular formula is C22H22N6O2S. The number of hydrogen-bond donors (Lipinski definition) is 3. The number of aromatic nitrogens is 3. The lowest BCUT2D eigenvalue weighted by molar-refractivity contribution is -0.123. The number of fused-ring (bicyclic) bond motifs is 2. The molecule has 31 heavy (non-hydrogen) atoms. The number of carbonyl (C=O) groups excluding carboxylic acids is 1. The van der Waals surface area contributed by atoms with Gasteiger partial charge in [-0.15, -0.1) is 0 Å². The predicted octanol–water partition coefficient (Wildman–Crippen LogP) is 3.35. The van der Waals surface area contributed by atoms with E-state index in [0.29, 0.717) is 23.3 Å². The van der Waals surface area contributed by atoms with Gasteiger partial charge in [0.1, 0.15) is 5.52 Å². The van der Waals surface area contributed by atoms with Crippen molar-refractivity contribution in [2.24, 2.45) is 0 Å². The molecule has 1 aliphatic heterocycles. The molecule has 0 aliphatic carbocycles. The van der Waals surface area contributed by atoms with Gasteiger partial charge in [-0.2, -0.15) is 0 Å². The summed E-state index contributed by atoms with van der Waals surface area (Å²) < 4.78 is 5.76. The molecule has 2 aromatic heterocycles. The summed E-state index contributed by atoms with van der Waals surface area (Å²) in [5, 5.41) is 11.1. The Morgan fingerprint density at radius 1 is 1.13 bits per heavy atom. The van der Waals surface area contributed by atoms with Crippen LogP contribution in [0.3, 0.4) is 0 Å². The lowest BCUT2D eigenvalue weighted by Gasteiger charge is -2.31. The number of hydrogen-bond acceptors (Lipinski definition) is 8. The van der Waals surface area contributed by atoms with Gasteiger partial charge in [0.05, 0.1) is 11.2 Å². The van der Waals surface area contributed by atoms with Crippen LogP contribution in [0.4, 0.5) is 5.95 Å². The number of rotatable bonds is 5. The van der Waals surface area contributed by atoms with Crippen molar-refractivity contribution in [2.75, 3.05) is 11.1 Å². The molecule has 0 bridgehead atoms. The monoisotopic (exact) mass is 434 g/mol. The minimum atomic E-state index is -0.460. The number of amides is 1. The Hall–Kier alpha value is -3.17. The number of nitrogens with one attached hydrogen (secondary N) is 3. The molecule has 0 spiro atoms. The first kappa shape index (κ1) is 19.8. The van der Waals surface area contributed by atoms with Crippen LogP contribution >= 0.6 is 11.8 Å². The number of thioether (sulfide) groups is 1. The molecule has 9 heteroatoms. The molecule has 5 rings (SSSR count). The van der Waals surface area contributed by atoms with Crippen molar-refractivity contribution in [1.82, 2.24) is 25.6 Å². The molecule has 8 nitrogen and oxygen atoms in total. The lowest BCUT2D eigenvalue weighted by atomic mass is 10.1.